The fourth-order valence-corrected chi connectivity index (χ4v) is 8.17. The average Bonchev–Trinajstić information content (AvgIpc) is 4.09. The van der Waals surface area contributed by atoms with E-state index in [1.807, 2.05) is 0 Å². The maximum atomic E-state index is 14.2. The van der Waals surface area contributed by atoms with Gasteiger partial charge in [-0.2, -0.15) is 52.7 Å². The van der Waals surface area contributed by atoms with Gasteiger partial charge >= 0.3 is 44.2 Å². The Kier molecular flexibility index (Phi) is 10.2. The minimum atomic E-state index is -4.74. The van der Waals surface area contributed by atoms with Gasteiger partial charge in [-0.1, -0.05) is 66.7 Å². The Morgan fingerprint density at radius 3 is 1.20 bits per heavy atom. The molecule has 0 unspecified atom stereocenters. The van der Waals surface area contributed by atoms with Crippen molar-refractivity contribution < 1.29 is 72.2 Å². The number of hydrogen-bond acceptors (Lipinski definition) is 2. The molecular weight excluding hydrogens is 926 g/mol. The van der Waals surface area contributed by atoms with E-state index in [0.717, 1.165) is 48.5 Å². The first-order chi connectivity index (χ1) is 30.2. The van der Waals surface area contributed by atoms with Crippen LogP contribution in [-0.4, -0.2) is 9.97 Å². The van der Waals surface area contributed by atoms with E-state index in [-0.39, 0.29) is 109 Å². The van der Waals surface area contributed by atoms with Gasteiger partial charge in [0.15, 0.2) is 0 Å². The van der Waals surface area contributed by atoms with Crippen molar-refractivity contribution in [3.05, 3.63) is 166 Å². The van der Waals surface area contributed by atoms with Crippen LogP contribution in [0.25, 0.3) is 90.4 Å². The number of nitrogens with zero attached hydrogens (tertiary/aromatic N) is 4. The van der Waals surface area contributed by atoms with Gasteiger partial charge in [0.2, 0.25) is 0 Å². The maximum Gasteiger partial charge on any atom is 2.00 e. The summed E-state index contributed by atoms with van der Waals surface area (Å²) in [5.41, 5.74) is 0.0341. The summed E-state index contributed by atoms with van der Waals surface area (Å²) in [5, 5.41) is 0. The molecule has 3 aliphatic rings. The zero-order valence-corrected chi connectivity index (χ0v) is 35.7. The minimum absolute atomic E-state index is 0. The molecule has 17 heteroatoms. The van der Waals surface area contributed by atoms with Crippen LogP contribution in [0.4, 0.5) is 52.7 Å². The van der Waals surface area contributed by atoms with Crippen molar-refractivity contribution >= 4 is 45.9 Å². The van der Waals surface area contributed by atoms with Crippen LogP contribution in [0.3, 0.4) is 0 Å². The van der Waals surface area contributed by atoms with Crippen LogP contribution in [0, 0.1) is 0 Å². The number of benzene rings is 4. The predicted molar refractivity (Wildman–Crippen MR) is 217 cm³/mol. The Balaban J connectivity index is 0.00000533. The molecule has 1 aliphatic carbocycles. The molecule has 3 aromatic heterocycles. The third-order valence-corrected chi connectivity index (χ3v) is 11.1. The number of halogens is 12. The number of aromatic nitrogens is 4. The van der Waals surface area contributed by atoms with E-state index in [9.17, 15) is 52.7 Å². The minimum Gasteiger partial charge on any atom is -0.657 e. The fourth-order valence-electron chi connectivity index (χ4n) is 8.17. The van der Waals surface area contributed by atoms with Gasteiger partial charge in [0, 0.05) is 11.1 Å². The van der Waals surface area contributed by atoms with Gasteiger partial charge in [0.25, 0.3) is 0 Å². The smallest absolute Gasteiger partial charge is 0.657 e. The molecule has 0 fully saturated rings. The standard InChI is InChI=1S/C48H22F12N4.Zn/c49-45(50,51)26-7-1-23(2-8-26)40-33-15-16-34(61-33)41(24-3-9-27(10-4-24)46(52,53)54)36-19-20-38(63-36)43-30-14-13-29(48(58,59)60)21-31(30)32-22-39(64-44(32)43)42(37-18-17-35(40)62-37)25-5-11-28(12-6-25)47(55,56)57;/h1-22H;/q-2;+2. The number of rotatable bonds is 3. The third kappa shape index (κ3) is 7.64. The molecule has 2 aliphatic heterocycles. The topological polar surface area (TPSA) is 54.0 Å². The van der Waals surface area contributed by atoms with Crippen LogP contribution in [0.2, 0.25) is 0 Å². The second-order valence-corrected chi connectivity index (χ2v) is 15.0. The molecule has 0 N–H and O–H groups in total. The van der Waals surface area contributed by atoms with Crippen molar-refractivity contribution in [1.29, 1.82) is 0 Å². The van der Waals surface area contributed by atoms with E-state index < -0.39 is 47.0 Å². The Bertz CT molecular complexity index is 3260. The van der Waals surface area contributed by atoms with Crippen molar-refractivity contribution in [2.45, 2.75) is 24.7 Å². The SMILES string of the molecule is FC(F)(F)c1ccc(-c2c3nc(c(-c4ccc(C(F)(F)F)cc4)c4ccc([n-]4)c(-c4ccc(C(F)(F)F)cc4)c4ccc([n-]4)c4c5nc2C=C5c2cc(C(F)(F)F)ccc2-4)C=C3)cc1.[Zn+2]. The molecule has 10 rings (SSSR count). The Morgan fingerprint density at radius 1 is 0.354 bits per heavy atom. The van der Waals surface area contributed by atoms with E-state index in [1.165, 1.54) is 60.7 Å². The first-order valence-electron chi connectivity index (χ1n) is 19.1. The van der Waals surface area contributed by atoms with Crippen LogP contribution in [0.5, 0.6) is 0 Å². The molecule has 65 heavy (non-hydrogen) atoms. The van der Waals surface area contributed by atoms with Gasteiger partial charge in [-0.05, 0) is 111 Å². The Hall–Kier alpha value is -6.74. The molecule has 0 radical (unpaired) electrons. The summed E-state index contributed by atoms with van der Waals surface area (Å²) >= 11 is 0. The molecule has 0 spiro atoms. The number of fused-ring (bicyclic) bond motifs is 11. The number of hydrogen-bond donors (Lipinski definition) is 0. The molecule has 0 saturated carbocycles. The summed E-state index contributed by atoms with van der Waals surface area (Å²) in [6.45, 7) is 0. The molecule has 4 nitrogen and oxygen atoms in total. The second kappa shape index (κ2) is 15.2. The first kappa shape index (κ1) is 43.5. The molecule has 320 valence electrons. The molecule has 4 aromatic carbocycles. The summed E-state index contributed by atoms with van der Waals surface area (Å²) in [7, 11) is 0. The summed E-state index contributed by atoms with van der Waals surface area (Å²) in [6.07, 6.45) is -14.2. The van der Waals surface area contributed by atoms with Crippen molar-refractivity contribution in [2.75, 3.05) is 0 Å². The van der Waals surface area contributed by atoms with Crippen molar-refractivity contribution in [3.8, 4) is 44.5 Å². The van der Waals surface area contributed by atoms with Gasteiger partial charge in [-0.15, -0.1) is 22.1 Å². The molecule has 5 heterocycles. The first-order valence-corrected chi connectivity index (χ1v) is 19.1. The summed E-state index contributed by atoms with van der Waals surface area (Å²) in [5.74, 6) is 0. The van der Waals surface area contributed by atoms with Gasteiger partial charge in [0.1, 0.15) is 0 Å². The van der Waals surface area contributed by atoms with Gasteiger partial charge in [0.05, 0.1) is 45.0 Å². The van der Waals surface area contributed by atoms with Gasteiger partial charge in [-0.3, -0.25) is 0 Å². The van der Waals surface area contributed by atoms with Crippen molar-refractivity contribution in [1.82, 2.24) is 19.9 Å². The van der Waals surface area contributed by atoms with Crippen molar-refractivity contribution in [2.24, 2.45) is 0 Å². The van der Waals surface area contributed by atoms with Crippen LogP contribution in [-0.2, 0) is 44.2 Å². The third-order valence-electron chi connectivity index (χ3n) is 11.1. The number of alkyl halides is 12. The molecule has 0 amide bonds. The van der Waals surface area contributed by atoms with E-state index >= 15 is 0 Å². The quantitative estimate of drug-likeness (QED) is 0.131. The van der Waals surface area contributed by atoms with Gasteiger partial charge < -0.3 is 9.97 Å². The van der Waals surface area contributed by atoms with E-state index in [4.69, 9.17) is 19.9 Å². The Labute approximate surface area is 371 Å². The molecule has 0 atom stereocenters. The van der Waals surface area contributed by atoms with Crippen LogP contribution in [0.1, 0.15) is 50.6 Å². The van der Waals surface area contributed by atoms with E-state index in [0.29, 0.717) is 11.1 Å². The average molecular weight is 948 g/mol. The van der Waals surface area contributed by atoms with E-state index in [2.05, 4.69) is 0 Å². The predicted octanol–water partition coefficient (Wildman–Crippen LogP) is 14.4. The zero-order chi connectivity index (χ0) is 45.1. The molecular formula is C48H22F12N4Zn. The summed E-state index contributed by atoms with van der Waals surface area (Å²) in [6, 6.07) is 22.0. The summed E-state index contributed by atoms with van der Waals surface area (Å²) in [4.78, 5) is 19.5. The normalized spacial score (nSPS) is 13.4. The van der Waals surface area contributed by atoms with Crippen molar-refractivity contribution in [3.63, 3.8) is 0 Å². The molecule has 8 bridgehead atoms. The van der Waals surface area contributed by atoms with Crippen LogP contribution < -0.4 is 9.97 Å². The molecule has 7 aromatic rings. The molecule has 0 saturated heterocycles. The Morgan fingerprint density at radius 2 is 0.738 bits per heavy atom. The zero-order valence-electron chi connectivity index (χ0n) is 32.7. The fraction of sp³-hybridized carbons (Fsp3) is 0.0833. The van der Waals surface area contributed by atoms with E-state index in [1.54, 1.807) is 24.3 Å². The summed E-state index contributed by atoms with van der Waals surface area (Å²) < 4.78 is 166. The monoisotopic (exact) mass is 946 g/mol. The van der Waals surface area contributed by atoms with Crippen LogP contribution in [0.15, 0.2) is 115 Å². The maximum absolute atomic E-state index is 14.2. The second-order valence-electron chi connectivity index (χ2n) is 15.0. The van der Waals surface area contributed by atoms with Crippen LogP contribution >= 0.6 is 0 Å². The van der Waals surface area contributed by atoms with Gasteiger partial charge in [-0.25, -0.2) is 9.97 Å². The largest absolute Gasteiger partial charge is 2.00 e.